The third-order valence-electron chi connectivity index (χ3n) is 5.22. The average molecular weight is 449 g/mol. The topological polar surface area (TPSA) is 76.8 Å². The minimum atomic E-state index is -0.613. The minimum absolute atomic E-state index is 0.200. The molecule has 3 aromatic rings. The molecule has 1 aliphatic rings. The third-order valence-corrected chi connectivity index (χ3v) is 6.21. The van der Waals surface area contributed by atoms with E-state index < -0.39 is 12.0 Å². The van der Waals surface area contributed by atoms with Crippen LogP contribution in [0.2, 0.25) is 0 Å². The summed E-state index contributed by atoms with van der Waals surface area (Å²) in [6.45, 7) is 3.79. The van der Waals surface area contributed by atoms with Gasteiger partial charge in [0, 0.05) is 32.2 Å². The van der Waals surface area contributed by atoms with Gasteiger partial charge in [0.25, 0.3) is 5.56 Å². The Kier molecular flexibility index (Phi) is 6.05. The highest BCUT2D eigenvalue weighted by molar-refractivity contribution is 7.07. The van der Waals surface area contributed by atoms with Gasteiger partial charge in [0.15, 0.2) is 4.80 Å². The molecule has 1 aromatic carbocycles. The molecule has 164 valence electrons. The molecule has 0 fully saturated rings. The van der Waals surface area contributed by atoms with Crippen molar-refractivity contribution in [2.24, 2.45) is 4.99 Å². The van der Waals surface area contributed by atoms with Crippen LogP contribution in [0.25, 0.3) is 6.08 Å². The normalized spacial score (nSPS) is 15.9. The van der Waals surface area contributed by atoms with Gasteiger partial charge in [-0.05, 0) is 49.2 Å². The number of pyridine rings is 1. The minimum Gasteiger partial charge on any atom is -0.463 e. The summed E-state index contributed by atoms with van der Waals surface area (Å²) in [5, 5.41) is 0. The van der Waals surface area contributed by atoms with Gasteiger partial charge >= 0.3 is 5.97 Å². The summed E-state index contributed by atoms with van der Waals surface area (Å²) in [6.07, 6.45) is 5.18. The van der Waals surface area contributed by atoms with Gasteiger partial charge in [-0.15, -0.1) is 0 Å². The molecule has 1 unspecified atom stereocenters. The van der Waals surface area contributed by atoms with E-state index in [0.717, 1.165) is 16.8 Å². The first-order valence-corrected chi connectivity index (χ1v) is 11.1. The number of allylic oxidation sites excluding steroid dienone is 1. The van der Waals surface area contributed by atoms with E-state index in [9.17, 15) is 9.59 Å². The van der Waals surface area contributed by atoms with E-state index in [1.165, 1.54) is 11.3 Å². The third kappa shape index (κ3) is 4.01. The van der Waals surface area contributed by atoms with Crippen molar-refractivity contribution in [1.29, 1.82) is 0 Å². The van der Waals surface area contributed by atoms with E-state index >= 15 is 0 Å². The van der Waals surface area contributed by atoms with Crippen LogP contribution < -0.4 is 19.8 Å². The van der Waals surface area contributed by atoms with Crippen molar-refractivity contribution in [3.8, 4) is 0 Å². The van der Waals surface area contributed by atoms with E-state index in [1.54, 1.807) is 36.9 Å². The van der Waals surface area contributed by atoms with Gasteiger partial charge < -0.3 is 9.64 Å². The number of hydrogen-bond donors (Lipinski definition) is 0. The van der Waals surface area contributed by atoms with Gasteiger partial charge in [0.1, 0.15) is 0 Å². The SMILES string of the molecule is CCOC(=O)C1=C(C)N=c2s/c(=C\c3cccnc3)c(=O)n2C1c1ccc(N(C)C)cc1. The van der Waals surface area contributed by atoms with Gasteiger partial charge in [0.05, 0.1) is 28.5 Å². The molecule has 0 spiro atoms. The van der Waals surface area contributed by atoms with Crippen LogP contribution in [0.1, 0.15) is 31.0 Å². The summed E-state index contributed by atoms with van der Waals surface area (Å²) in [6, 6.07) is 10.9. The highest BCUT2D eigenvalue weighted by atomic mass is 32.1. The highest BCUT2D eigenvalue weighted by Gasteiger charge is 2.33. The Morgan fingerprint density at radius 3 is 2.62 bits per heavy atom. The Labute approximate surface area is 189 Å². The van der Waals surface area contributed by atoms with Gasteiger partial charge in [-0.1, -0.05) is 29.5 Å². The Balaban J connectivity index is 1.94. The Hall–Kier alpha value is -3.52. The lowest BCUT2D eigenvalue weighted by Gasteiger charge is -2.25. The maximum absolute atomic E-state index is 13.5. The zero-order chi connectivity index (χ0) is 22.8. The molecule has 0 bridgehead atoms. The predicted molar refractivity (Wildman–Crippen MR) is 125 cm³/mol. The lowest BCUT2D eigenvalue weighted by Crippen LogP contribution is -2.39. The number of hydrogen-bond acceptors (Lipinski definition) is 7. The summed E-state index contributed by atoms with van der Waals surface area (Å²) in [4.78, 5) is 37.7. The average Bonchev–Trinajstić information content (AvgIpc) is 3.08. The van der Waals surface area contributed by atoms with Crippen molar-refractivity contribution in [3.05, 3.63) is 90.9 Å². The summed E-state index contributed by atoms with van der Waals surface area (Å²) in [7, 11) is 3.93. The zero-order valence-corrected chi connectivity index (χ0v) is 19.2. The molecule has 0 saturated heterocycles. The van der Waals surface area contributed by atoms with Crippen LogP contribution in [0.15, 0.2) is 69.8 Å². The molecule has 0 N–H and O–H groups in total. The molecule has 8 heteroatoms. The number of carbonyl (C=O) groups is 1. The second-order valence-electron chi connectivity index (χ2n) is 7.57. The largest absolute Gasteiger partial charge is 0.463 e. The predicted octanol–water partition coefficient (Wildman–Crippen LogP) is 2.26. The number of anilines is 1. The van der Waals surface area contributed by atoms with Crippen LogP contribution >= 0.6 is 11.3 Å². The molecule has 4 rings (SSSR count). The second kappa shape index (κ2) is 8.92. The van der Waals surface area contributed by atoms with Crippen LogP contribution in [0, 0.1) is 0 Å². The molecule has 1 aliphatic heterocycles. The number of rotatable bonds is 5. The molecular weight excluding hydrogens is 424 g/mol. The van der Waals surface area contributed by atoms with Crippen molar-refractivity contribution >= 4 is 29.1 Å². The number of fused-ring (bicyclic) bond motifs is 1. The van der Waals surface area contributed by atoms with E-state index in [4.69, 9.17) is 4.74 Å². The van der Waals surface area contributed by atoms with Gasteiger partial charge in [0.2, 0.25) is 0 Å². The summed E-state index contributed by atoms with van der Waals surface area (Å²) >= 11 is 1.30. The molecule has 32 heavy (non-hydrogen) atoms. The number of thiazole rings is 1. The number of nitrogens with zero attached hydrogens (tertiary/aromatic N) is 4. The van der Waals surface area contributed by atoms with Gasteiger partial charge in [-0.3, -0.25) is 14.3 Å². The van der Waals surface area contributed by atoms with Crippen LogP contribution in [0.3, 0.4) is 0 Å². The Bertz CT molecular complexity index is 1350. The van der Waals surface area contributed by atoms with Crippen LogP contribution in [-0.4, -0.2) is 36.2 Å². The van der Waals surface area contributed by atoms with Crippen molar-refractivity contribution in [2.75, 3.05) is 25.6 Å². The summed E-state index contributed by atoms with van der Waals surface area (Å²) in [5.74, 6) is -0.461. The fourth-order valence-corrected chi connectivity index (χ4v) is 4.72. The number of benzene rings is 1. The standard InChI is InChI=1S/C24H24N4O3S/c1-5-31-23(30)20-15(2)26-24-28(21(20)17-8-10-18(11-9-17)27(3)4)22(29)19(32-24)13-16-7-6-12-25-14-16/h6-14,21H,5H2,1-4H3/b19-13-. The van der Waals surface area contributed by atoms with Crippen molar-refractivity contribution in [2.45, 2.75) is 19.9 Å². The first-order chi connectivity index (χ1) is 15.4. The molecule has 1 atom stereocenters. The van der Waals surface area contributed by atoms with E-state index in [2.05, 4.69) is 9.98 Å². The molecule has 0 aliphatic carbocycles. The van der Waals surface area contributed by atoms with Crippen molar-refractivity contribution in [3.63, 3.8) is 0 Å². The molecular formula is C24H24N4O3S. The van der Waals surface area contributed by atoms with E-state index in [1.807, 2.05) is 55.4 Å². The molecule has 0 saturated carbocycles. The van der Waals surface area contributed by atoms with Crippen LogP contribution in [0.5, 0.6) is 0 Å². The van der Waals surface area contributed by atoms with Crippen LogP contribution in [0.4, 0.5) is 5.69 Å². The molecule has 2 aromatic heterocycles. The fourth-order valence-electron chi connectivity index (χ4n) is 3.67. The smallest absolute Gasteiger partial charge is 0.338 e. The molecule has 3 heterocycles. The number of carbonyl (C=O) groups excluding carboxylic acids is 1. The lowest BCUT2D eigenvalue weighted by molar-refractivity contribution is -0.139. The zero-order valence-electron chi connectivity index (χ0n) is 18.4. The maximum atomic E-state index is 13.5. The van der Waals surface area contributed by atoms with E-state index in [0.29, 0.717) is 20.6 Å². The molecule has 7 nitrogen and oxygen atoms in total. The summed E-state index contributed by atoms with van der Waals surface area (Å²) < 4.78 is 7.46. The van der Waals surface area contributed by atoms with Crippen LogP contribution in [-0.2, 0) is 9.53 Å². The number of esters is 1. The monoisotopic (exact) mass is 448 g/mol. The molecule has 0 radical (unpaired) electrons. The second-order valence-corrected chi connectivity index (χ2v) is 8.58. The Morgan fingerprint density at radius 2 is 2.00 bits per heavy atom. The quantitative estimate of drug-likeness (QED) is 0.560. The first-order valence-electron chi connectivity index (χ1n) is 10.3. The van der Waals surface area contributed by atoms with Crippen molar-refractivity contribution < 1.29 is 9.53 Å². The highest BCUT2D eigenvalue weighted by Crippen LogP contribution is 2.31. The number of ether oxygens (including phenoxy) is 1. The van der Waals surface area contributed by atoms with Gasteiger partial charge in [-0.25, -0.2) is 9.79 Å². The number of aromatic nitrogens is 2. The fraction of sp³-hybridized carbons (Fsp3) is 0.250. The summed E-state index contributed by atoms with van der Waals surface area (Å²) in [5.41, 5.74) is 3.40. The Morgan fingerprint density at radius 1 is 1.25 bits per heavy atom. The maximum Gasteiger partial charge on any atom is 0.338 e. The van der Waals surface area contributed by atoms with Crippen molar-refractivity contribution in [1.82, 2.24) is 9.55 Å². The molecule has 0 amide bonds. The first kappa shape index (κ1) is 21.7. The van der Waals surface area contributed by atoms with E-state index in [-0.39, 0.29) is 12.2 Å². The lowest BCUT2D eigenvalue weighted by atomic mass is 9.95. The van der Waals surface area contributed by atoms with Gasteiger partial charge in [-0.2, -0.15) is 0 Å².